The molecule has 24 heavy (non-hydrogen) atoms. The molecule has 0 aliphatic heterocycles. The van der Waals surface area contributed by atoms with Gasteiger partial charge in [0.2, 0.25) is 5.28 Å². The summed E-state index contributed by atoms with van der Waals surface area (Å²) in [5.41, 5.74) is 4.07. The van der Waals surface area contributed by atoms with Crippen LogP contribution in [0.15, 0.2) is 18.2 Å². The van der Waals surface area contributed by atoms with Crippen molar-refractivity contribution >= 4 is 50.6 Å². The predicted octanol–water partition coefficient (Wildman–Crippen LogP) is 4.80. The number of nitrogens with one attached hydrogen (secondary N) is 1. The van der Waals surface area contributed by atoms with Gasteiger partial charge in [0.1, 0.15) is 15.5 Å². The lowest BCUT2D eigenvalue weighted by Gasteiger charge is -2.10. The highest BCUT2D eigenvalue weighted by atomic mass is 35.5. The van der Waals surface area contributed by atoms with Crippen molar-refractivity contribution in [3.63, 3.8) is 0 Å². The molecule has 0 amide bonds. The molecule has 7 heteroatoms. The minimum Gasteiger partial charge on any atom is -0.465 e. The van der Waals surface area contributed by atoms with Gasteiger partial charge in [0.25, 0.3) is 0 Å². The van der Waals surface area contributed by atoms with Crippen LogP contribution in [0.1, 0.15) is 26.4 Å². The van der Waals surface area contributed by atoms with E-state index in [1.54, 1.807) is 0 Å². The Labute approximate surface area is 148 Å². The van der Waals surface area contributed by atoms with E-state index in [9.17, 15) is 4.79 Å². The summed E-state index contributed by atoms with van der Waals surface area (Å²) in [4.78, 5) is 21.6. The highest BCUT2D eigenvalue weighted by molar-refractivity contribution is 7.20. The number of hydrogen-bond acceptors (Lipinski definition) is 6. The van der Waals surface area contributed by atoms with Crippen LogP contribution in [0.5, 0.6) is 0 Å². The van der Waals surface area contributed by atoms with Crippen LogP contribution in [0.4, 0.5) is 11.5 Å². The third-order valence-corrected chi connectivity index (χ3v) is 5.24. The molecule has 3 rings (SSSR count). The van der Waals surface area contributed by atoms with Crippen LogP contribution >= 0.6 is 22.9 Å². The molecule has 0 atom stereocenters. The van der Waals surface area contributed by atoms with Crippen LogP contribution in [0.25, 0.3) is 10.2 Å². The zero-order chi connectivity index (χ0) is 17.4. The van der Waals surface area contributed by atoms with Gasteiger partial charge in [0.05, 0.1) is 12.5 Å². The molecule has 0 bridgehead atoms. The van der Waals surface area contributed by atoms with Gasteiger partial charge in [-0.3, -0.25) is 0 Å². The minimum atomic E-state index is -0.385. The van der Waals surface area contributed by atoms with E-state index < -0.39 is 0 Å². The number of benzene rings is 1. The number of aryl methyl sites for hydroxylation is 3. The number of hydrogen-bond donors (Lipinski definition) is 1. The van der Waals surface area contributed by atoms with Crippen LogP contribution in [0.3, 0.4) is 0 Å². The molecule has 1 aromatic carbocycles. The first kappa shape index (κ1) is 16.7. The van der Waals surface area contributed by atoms with Crippen LogP contribution in [0, 0.1) is 20.8 Å². The molecule has 0 fully saturated rings. The summed E-state index contributed by atoms with van der Waals surface area (Å²) in [7, 11) is 1.36. The quantitative estimate of drug-likeness (QED) is 0.536. The Hall–Kier alpha value is -2.18. The summed E-state index contributed by atoms with van der Waals surface area (Å²) in [5, 5.41) is 4.20. The van der Waals surface area contributed by atoms with E-state index >= 15 is 0 Å². The first-order valence-electron chi connectivity index (χ1n) is 7.30. The zero-order valence-corrected chi connectivity index (χ0v) is 15.3. The zero-order valence-electron chi connectivity index (χ0n) is 13.7. The fourth-order valence-electron chi connectivity index (χ4n) is 2.45. The highest BCUT2D eigenvalue weighted by Crippen LogP contribution is 2.36. The Morgan fingerprint density at radius 2 is 1.96 bits per heavy atom. The van der Waals surface area contributed by atoms with Crippen molar-refractivity contribution in [2.45, 2.75) is 20.8 Å². The summed E-state index contributed by atoms with van der Waals surface area (Å²) in [6.07, 6.45) is 0. The molecule has 0 saturated carbocycles. The minimum absolute atomic E-state index is 0.131. The van der Waals surface area contributed by atoms with Crippen LogP contribution in [-0.2, 0) is 4.74 Å². The normalized spacial score (nSPS) is 10.9. The average molecular weight is 362 g/mol. The molecule has 1 N–H and O–H groups in total. The van der Waals surface area contributed by atoms with Crippen molar-refractivity contribution in [1.82, 2.24) is 9.97 Å². The average Bonchev–Trinajstić information content (AvgIpc) is 2.87. The standard InChI is InChI=1S/C17H16ClN3O2S/c1-8-5-6-11(7-9(8)2)19-14-12-10(3)13(16(22)23-4)24-15(12)21-17(18)20-14/h5-7H,1-4H3,(H,19,20,21). The van der Waals surface area contributed by atoms with Gasteiger partial charge in [-0.2, -0.15) is 4.98 Å². The second kappa shape index (κ2) is 6.37. The number of halogens is 1. The second-order valence-corrected chi connectivity index (χ2v) is 6.83. The number of carbonyl (C=O) groups is 1. The molecule has 0 aliphatic rings. The molecular formula is C17H16ClN3O2S. The van der Waals surface area contributed by atoms with Crippen molar-refractivity contribution in [3.8, 4) is 0 Å². The number of rotatable bonds is 3. The molecule has 3 aromatic rings. The van der Waals surface area contributed by atoms with Gasteiger partial charge >= 0.3 is 5.97 Å². The molecular weight excluding hydrogens is 346 g/mol. The number of esters is 1. The maximum atomic E-state index is 11.9. The number of thiophene rings is 1. The fraction of sp³-hybridized carbons (Fsp3) is 0.235. The Balaban J connectivity index is 2.14. The monoisotopic (exact) mass is 361 g/mol. The van der Waals surface area contributed by atoms with E-state index in [1.165, 1.54) is 29.6 Å². The molecule has 0 aliphatic carbocycles. The number of fused-ring (bicyclic) bond motifs is 1. The Kier molecular flexibility index (Phi) is 4.43. The molecule has 5 nitrogen and oxygen atoms in total. The Bertz CT molecular complexity index is 953. The van der Waals surface area contributed by atoms with E-state index in [0.29, 0.717) is 15.5 Å². The maximum Gasteiger partial charge on any atom is 0.348 e. The molecule has 0 saturated heterocycles. The number of nitrogens with zero attached hydrogens (tertiary/aromatic N) is 2. The van der Waals surface area contributed by atoms with E-state index in [4.69, 9.17) is 16.3 Å². The van der Waals surface area contributed by atoms with Crippen molar-refractivity contribution in [2.75, 3.05) is 12.4 Å². The Morgan fingerprint density at radius 1 is 1.21 bits per heavy atom. The Morgan fingerprint density at radius 3 is 2.62 bits per heavy atom. The van der Waals surface area contributed by atoms with Gasteiger partial charge in [-0.15, -0.1) is 11.3 Å². The topological polar surface area (TPSA) is 64.1 Å². The lowest BCUT2D eigenvalue weighted by Crippen LogP contribution is -2.00. The van der Waals surface area contributed by atoms with Crippen LogP contribution in [0.2, 0.25) is 5.28 Å². The van der Waals surface area contributed by atoms with E-state index in [2.05, 4.69) is 22.2 Å². The van der Waals surface area contributed by atoms with E-state index in [0.717, 1.165) is 16.6 Å². The summed E-state index contributed by atoms with van der Waals surface area (Å²) in [6, 6.07) is 6.06. The largest absolute Gasteiger partial charge is 0.465 e. The number of aromatic nitrogens is 2. The summed E-state index contributed by atoms with van der Waals surface area (Å²) < 4.78 is 4.83. The molecule has 2 aromatic heterocycles. The molecule has 0 radical (unpaired) electrons. The lowest BCUT2D eigenvalue weighted by atomic mass is 10.1. The number of ether oxygens (including phenoxy) is 1. The SMILES string of the molecule is COC(=O)c1sc2nc(Cl)nc(Nc3ccc(C)c(C)c3)c2c1C. The van der Waals surface area contributed by atoms with E-state index in [-0.39, 0.29) is 11.3 Å². The second-order valence-electron chi connectivity index (χ2n) is 5.49. The molecule has 2 heterocycles. The van der Waals surface area contributed by atoms with E-state index in [1.807, 2.05) is 32.0 Å². The van der Waals surface area contributed by atoms with Gasteiger partial charge in [-0.25, -0.2) is 9.78 Å². The summed E-state index contributed by atoms with van der Waals surface area (Å²) >= 11 is 7.30. The highest BCUT2D eigenvalue weighted by Gasteiger charge is 2.21. The van der Waals surface area contributed by atoms with Gasteiger partial charge < -0.3 is 10.1 Å². The lowest BCUT2D eigenvalue weighted by molar-refractivity contribution is 0.0605. The first-order valence-corrected chi connectivity index (χ1v) is 8.49. The van der Waals surface area contributed by atoms with Gasteiger partial charge in [0, 0.05) is 5.69 Å². The number of methoxy groups -OCH3 is 1. The van der Waals surface area contributed by atoms with Crippen molar-refractivity contribution in [2.24, 2.45) is 0 Å². The third kappa shape index (κ3) is 2.95. The maximum absolute atomic E-state index is 11.9. The van der Waals surface area contributed by atoms with Crippen molar-refractivity contribution in [3.05, 3.63) is 45.1 Å². The van der Waals surface area contributed by atoms with Gasteiger partial charge in [-0.1, -0.05) is 6.07 Å². The predicted molar refractivity (Wildman–Crippen MR) is 97.7 cm³/mol. The van der Waals surface area contributed by atoms with Crippen LogP contribution < -0.4 is 5.32 Å². The first-order chi connectivity index (χ1) is 11.4. The number of carbonyl (C=O) groups excluding carboxylic acids is 1. The smallest absolute Gasteiger partial charge is 0.348 e. The molecule has 0 unspecified atom stereocenters. The third-order valence-electron chi connectivity index (χ3n) is 3.90. The van der Waals surface area contributed by atoms with Crippen molar-refractivity contribution in [1.29, 1.82) is 0 Å². The van der Waals surface area contributed by atoms with Gasteiger partial charge in [-0.05, 0) is 61.2 Å². The molecule has 124 valence electrons. The molecule has 0 spiro atoms. The van der Waals surface area contributed by atoms with Gasteiger partial charge in [0.15, 0.2) is 0 Å². The van der Waals surface area contributed by atoms with Crippen LogP contribution in [-0.4, -0.2) is 23.0 Å². The van der Waals surface area contributed by atoms with Crippen molar-refractivity contribution < 1.29 is 9.53 Å². The fourth-order valence-corrected chi connectivity index (χ4v) is 3.76. The summed E-state index contributed by atoms with van der Waals surface area (Å²) in [5.74, 6) is 0.195. The number of anilines is 2. The summed E-state index contributed by atoms with van der Waals surface area (Å²) in [6.45, 7) is 5.96.